The van der Waals surface area contributed by atoms with E-state index >= 15 is 0 Å². The highest BCUT2D eigenvalue weighted by Crippen LogP contribution is 2.30. The zero-order chi connectivity index (χ0) is 7.61. The van der Waals surface area contributed by atoms with E-state index in [1.54, 1.807) is 0 Å². The first-order valence-corrected chi connectivity index (χ1v) is 4.91. The van der Waals surface area contributed by atoms with E-state index in [9.17, 15) is 13.2 Å². The lowest BCUT2D eigenvalue weighted by atomic mass is 10.3. The molecule has 4 heteroatoms. The molecule has 1 heterocycles. The summed E-state index contributed by atoms with van der Waals surface area (Å²) in [5, 5.41) is 0. The third-order valence-corrected chi connectivity index (χ3v) is 3.83. The lowest BCUT2D eigenvalue weighted by Gasteiger charge is -2.14. The highest BCUT2D eigenvalue weighted by atomic mass is 32.2. The topological polar surface area (TPSA) is 0 Å². The molecule has 0 saturated carbocycles. The van der Waals surface area contributed by atoms with Gasteiger partial charge >= 0.3 is 5.51 Å². The van der Waals surface area contributed by atoms with Gasteiger partial charge in [0, 0.05) is 0 Å². The predicted octanol–water partition coefficient (Wildman–Crippen LogP) is 2.31. The molecule has 1 aliphatic rings. The van der Waals surface area contributed by atoms with Crippen LogP contribution >= 0.6 is 0 Å². The summed E-state index contributed by atoms with van der Waals surface area (Å²) in [5.41, 5.74) is -3.90. The normalized spacial score (nSPS) is 23.1. The SMILES string of the molecule is FC(F)(F)[S+]1CCCCC1. The van der Waals surface area contributed by atoms with Crippen LogP contribution in [0.15, 0.2) is 0 Å². The fourth-order valence-electron chi connectivity index (χ4n) is 1.06. The van der Waals surface area contributed by atoms with Gasteiger partial charge in [-0.1, -0.05) is 0 Å². The van der Waals surface area contributed by atoms with Crippen LogP contribution in [0.5, 0.6) is 0 Å². The molecule has 0 unspecified atom stereocenters. The molecule has 0 radical (unpaired) electrons. The van der Waals surface area contributed by atoms with Gasteiger partial charge in [0.25, 0.3) is 0 Å². The molecular weight excluding hydrogens is 161 g/mol. The predicted molar refractivity (Wildman–Crippen MR) is 37.0 cm³/mol. The van der Waals surface area contributed by atoms with Crippen molar-refractivity contribution in [1.82, 2.24) is 0 Å². The fourth-order valence-corrected chi connectivity index (χ4v) is 2.84. The van der Waals surface area contributed by atoms with Crippen LogP contribution in [0.1, 0.15) is 19.3 Å². The summed E-state index contributed by atoms with van der Waals surface area (Å²) in [6, 6.07) is 0. The van der Waals surface area contributed by atoms with Gasteiger partial charge < -0.3 is 0 Å². The van der Waals surface area contributed by atoms with E-state index in [1.807, 2.05) is 0 Å². The number of rotatable bonds is 0. The molecule has 0 aromatic heterocycles. The first-order chi connectivity index (χ1) is 4.61. The quantitative estimate of drug-likeness (QED) is 0.491. The number of hydrogen-bond acceptors (Lipinski definition) is 0. The molecule has 1 fully saturated rings. The molecule has 0 atom stereocenters. The molecule has 60 valence electrons. The van der Waals surface area contributed by atoms with Gasteiger partial charge in [-0.25, -0.2) is 0 Å². The Morgan fingerprint density at radius 2 is 1.40 bits per heavy atom. The summed E-state index contributed by atoms with van der Waals surface area (Å²) in [4.78, 5) is 0. The molecule has 1 rings (SSSR count). The van der Waals surface area contributed by atoms with Crippen molar-refractivity contribution in [1.29, 1.82) is 0 Å². The molecule has 0 nitrogen and oxygen atoms in total. The first-order valence-electron chi connectivity index (χ1n) is 3.35. The zero-order valence-electron chi connectivity index (χ0n) is 5.58. The van der Waals surface area contributed by atoms with Crippen molar-refractivity contribution < 1.29 is 13.2 Å². The molecule has 0 aliphatic carbocycles. The Balaban J connectivity index is 2.39. The van der Waals surface area contributed by atoms with E-state index in [2.05, 4.69) is 0 Å². The van der Waals surface area contributed by atoms with Gasteiger partial charge in [0.15, 0.2) is 0 Å². The molecule has 10 heavy (non-hydrogen) atoms. The lowest BCUT2D eigenvalue weighted by molar-refractivity contribution is -0.0372. The summed E-state index contributed by atoms with van der Waals surface area (Å²) in [5.74, 6) is 0.757. The number of hydrogen-bond donors (Lipinski definition) is 0. The van der Waals surface area contributed by atoms with Crippen molar-refractivity contribution in [3.63, 3.8) is 0 Å². The Morgan fingerprint density at radius 3 is 1.70 bits per heavy atom. The van der Waals surface area contributed by atoms with Crippen LogP contribution in [0.2, 0.25) is 0 Å². The van der Waals surface area contributed by atoms with Crippen LogP contribution < -0.4 is 0 Å². The second-order valence-corrected chi connectivity index (χ2v) is 4.67. The average Bonchev–Trinajstić information content (AvgIpc) is 1.88. The number of alkyl halides is 3. The van der Waals surface area contributed by atoms with Crippen LogP contribution in [-0.2, 0) is 10.9 Å². The molecule has 0 amide bonds. The molecule has 0 aromatic rings. The Morgan fingerprint density at radius 1 is 0.900 bits per heavy atom. The average molecular weight is 171 g/mol. The molecule has 0 N–H and O–H groups in total. The summed E-state index contributed by atoms with van der Waals surface area (Å²) in [7, 11) is -1.26. The molecule has 0 aromatic carbocycles. The van der Waals surface area contributed by atoms with Crippen molar-refractivity contribution in [3.05, 3.63) is 0 Å². The summed E-state index contributed by atoms with van der Waals surface area (Å²) in [6.07, 6.45) is 2.52. The van der Waals surface area contributed by atoms with E-state index in [0.29, 0.717) is 11.5 Å². The lowest BCUT2D eigenvalue weighted by Crippen LogP contribution is -2.31. The van der Waals surface area contributed by atoms with Gasteiger partial charge in [-0.3, -0.25) is 0 Å². The van der Waals surface area contributed by atoms with Crippen molar-refractivity contribution in [2.45, 2.75) is 24.8 Å². The number of halogens is 3. The maximum Gasteiger partial charge on any atom is 0.574 e. The van der Waals surface area contributed by atoms with E-state index in [1.165, 1.54) is 0 Å². The van der Waals surface area contributed by atoms with Crippen molar-refractivity contribution >= 4 is 10.9 Å². The van der Waals surface area contributed by atoms with Crippen LogP contribution in [0, 0.1) is 0 Å². The second-order valence-electron chi connectivity index (χ2n) is 2.41. The minimum Gasteiger partial charge on any atom is -0.123 e. The van der Waals surface area contributed by atoms with Crippen molar-refractivity contribution in [2.24, 2.45) is 0 Å². The standard InChI is InChI=1S/C6H10F3S/c7-6(8,9)10-4-2-1-3-5-10/h1-5H2/q+1. The van der Waals surface area contributed by atoms with E-state index < -0.39 is 16.4 Å². The van der Waals surface area contributed by atoms with Gasteiger partial charge in [-0.15, -0.1) is 13.2 Å². The maximum atomic E-state index is 12.0. The smallest absolute Gasteiger partial charge is 0.123 e. The van der Waals surface area contributed by atoms with Gasteiger partial charge in [-0.05, 0) is 19.3 Å². The highest BCUT2D eigenvalue weighted by Gasteiger charge is 2.50. The van der Waals surface area contributed by atoms with Gasteiger partial charge in [0.2, 0.25) is 0 Å². The van der Waals surface area contributed by atoms with Crippen LogP contribution in [0.25, 0.3) is 0 Å². The molecular formula is C6H10F3S+. The molecule has 0 bridgehead atoms. The summed E-state index contributed by atoms with van der Waals surface area (Å²) < 4.78 is 35.9. The largest absolute Gasteiger partial charge is 0.574 e. The molecule has 0 spiro atoms. The van der Waals surface area contributed by atoms with E-state index in [4.69, 9.17) is 0 Å². The zero-order valence-corrected chi connectivity index (χ0v) is 6.39. The Bertz CT molecular complexity index is 104. The second kappa shape index (κ2) is 3.03. The fraction of sp³-hybridized carbons (Fsp3) is 1.00. The molecule has 1 aliphatic heterocycles. The Kier molecular flexibility index (Phi) is 2.50. The highest BCUT2D eigenvalue weighted by molar-refractivity contribution is 7.97. The monoisotopic (exact) mass is 171 g/mol. The summed E-state index contributed by atoms with van der Waals surface area (Å²) >= 11 is 0. The molecule has 1 saturated heterocycles. The van der Waals surface area contributed by atoms with Crippen molar-refractivity contribution in [2.75, 3.05) is 11.5 Å². The minimum atomic E-state index is -3.90. The summed E-state index contributed by atoms with van der Waals surface area (Å²) in [6.45, 7) is 0. The van der Waals surface area contributed by atoms with Crippen LogP contribution in [0.3, 0.4) is 0 Å². The van der Waals surface area contributed by atoms with E-state index in [0.717, 1.165) is 19.3 Å². The third kappa shape index (κ3) is 2.08. The Hall–Kier alpha value is 0.140. The van der Waals surface area contributed by atoms with Crippen LogP contribution in [-0.4, -0.2) is 17.0 Å². The van der Waals surface area contributed by atoms with Crippen LogP contribution in [0.4, 0.5) is 13.2 Å². The van der Waals surface area contributed by atoms with Gasteiger partial charge in [0.05, 0.1) is 10.9 Å². The van der Waals surface area contributed by atoms with E-state index in [-0.39, 0.29) is 0 Å². The Labute approximate surface area is 61.1 Å². The third-order valence-electron chi connectivity index (χ3n) is 1.61. The van der Waals surface area contributed by atoms with Gasteiger partial charge in [0.1, 0.15) is 11.5 Å². The van der Waals surface area contributed by atoms with Crippen molar-refractivity contribution in [3.8, 4) is 0 Å². The first kappa shape index (κ1) is 8.24. The minimum absolute atomic E-state index is 0.378. The maximum absolute atomic E-state index is 12.0. The van der Waals surface area contributed by atoms with Gasteiger partial charge in [-0.2, -0.15) is 0 Å².